The first-order valence-electron chi connectivity index (χ1n) is 5.20. The molecule has 84 valence electrons. The lowest BCUT2D eigenvalue weighted by Crippen LogP contribution is -2.22. The fraction of sp³-hybridized carbons (Fsp3) is 0.231. The molecule has 3 nitrogen and oxygen atoms in total. The van der Waals surface area contributed by atoms with Crippen molar-refractivity contribution in [2.75, 3.05) is 6.54 Å². The summed E-state index contributed by atoms with van der Waals surface area (Å²) in [7, 11) is 0. The zero-order chi connectivity index (χ0) is 12.0. The Bertz CT molecular complexity index is 422. The fourth-order valence-corrected chi connectivity index (χ4v) is 1.26. The van der Waals surface area contributed by atoms with Gasteiger partial charge in [-0.1, -0.05) is 18.2 Å². The Morgan fingerprint density at radius 3 is 2.75 bits per heavy atom. The number of amides is 1. The number of hydrogen-bond acceptors (Lipinski definition) is 2. The Balaban J connectivity index is 2.86. The first-order chi connectivity index (χ1) is 7.63. The normalized spacial score (nSPS) is 10.4. The maximum absolute atomic E-state index is 11.5. The van der Waals surface area contributed by atoms with Crippen LogP contribution in [0.15, 0.2) is 30.3 Å². The van der Waals surface area contributed by atoms with Gasteiger partial charge in [-0.25, -0.2) is 0 Å². The summed E-state index contributed by atoms with van der Waals surface area (Å²) >= 11 is 0. The number of rotatable bonds is 4. The zero-order valence-corrected chi connectivity index (χ0v) is 9.49. The van der Waals surface area contributed by atoms with Crippen LogP contribution in [0.4, 0.5) is 0 Å². The van der Waals surface area contributed by atoms with Gasteiger partial charge >= 0.3 is 0 Å². The lowest BCUT2D eigenvalue weighted by molar-refractivity contribution is -0.112. The van der Waals surface area contributed by atoms with E-state index in [0.29, 0.717) is 12.1 Å². The van der Waals surface area contributed by atoms with E-state index < -0.39 is 0 Å². The largest absolute Gasteiger partial charge is 0.352 e. The summed E-state index contributed by atoms with van der Waals surface area (Å²) in [5.74, 6) is -0.107. The van der Waals surface area contributed by atoms with E-state index in [1.54, 1.807) is 24.3 Å². The van der Waals surface area contributed by atoms with Crippen LogP contribution in [0, 0.1) is 0 Å². The van der Waals surface area contributed by atoms with Crippen molar-refractivity contribution in [1.82, 2.24) is 5.32 Å². The van der Waals surface area contributed by atoms with E-state index in [9.17, 15) is 9.59 Å². The molecule has 1 N–H and O–H groups in total. The summed E-state index contributed by atoms with van der Waals surface area (Å²) in [5.41, 5.74) is 1.45. The third-order valence-corrected chi connectivity index (χ3v) is 2.00. The maximum atomic E-state index is 11.5. The summed E-state index contributed by atoms with van der Waals surface area (Å²) in [6.45, 7) is 3.97. The maximum Gasteiger partial charge on any atom is 0.251 e. The molecule has 16 heavy (non-hydrogen) atoms. The molecule has 0 aliphatic carbocycles. The van der Waals surface area contributed by atoms with Crippen LogP contribution in [0.25, 0.3) is 6.08 Å². The SMILES string of the molecule is CCNC(=O)c1cccc(/C=C/C(C)=O)c1. The second kappa shape index (κ2) is 5.85. The Morgan fingerprint density at radius 2 is 2.12 bits per heavy atom. The summed E-state index contributed by atoms with van der Waals surface area (Å²) in [6.07, 6.45) is 3.18. The average molecular weight is 217 g/mol. The van der Waals surface area contributed by atoms with Gasteiger partial charge in [0.05, 0.1) is 0 Å². The minimum Gasteiger partial charge on any atom is -0.352 e. The quantitative estimate of drug-likeness (QED) is 0.784. The smallest absolute Gasteiger partial charge is 0.251 e. The van der Waals surface area contributed by atoms with Crippen molar-refractivity contribution in [1.29, 1.82) is 0 Å². The molecule has 1 aromatic carbocycles. The van der Waals surface area contributed by atoms with Crippen LogP contribution in [0.2, 0.25) is 0 Å². The van der Waals surface area contributed by atoms with Gasteiger partial charge in [0.25, 0.3) is 5.91 Å². The van der Waals surface area contributed by atoms with Crippen molar-refractivity contribution in [2.45, 2.75) is 13.8 Å². The first-order valence-corrected chi connectivity index (χ1v) is 5.20. The highest BCUT2D eigenvalue weighted by molar-refractivity contribution is 5.95. The van der Waals surface area contributed by atoms with Gasteiger partial charge in [0.2, 0.25) is 0 Å². The van der Waals surface area contributed by atoms with Crippen molar-refractivity contribution in [2.24, 2.45) is 0 Å². The molecule has 0 bridgehead atoms. The van der Waals surface area contributed by atoms with E-state index in [-0.39, 0.29) is 11.7 Å². The molecule has 0 radical (unpaired) electrons. The molecule has 3 heteroatoms. The van der Waals surface area contributed by atoms with Crippen LogP contribution in [0.3, 0.4) is 0 Å². The van der Waals surface area contributed by atoms with Gasteiger partial charge in [0.1, 0.15) is 0 Å². The Labute approximate surface area is 95.2 Å². The third kappa shape index (κ3) is 3.69. The van der Waals surface area contributed by atoms with E-state index in [4.69, 9.17) is 0 Å². The minimum atomic E-state index is -0.0967. The van der Waals surface area contributed by atoms with Gasteiger partial charge in [0.15, 0.2) is 5.78 Å². The highest BCUT2D eigenvalue weighted by Crippen LogP contribution is 2.07. The summed E-state index contributed by atoms with van der Waals surface area (Å²) in [6, 6.07) is 7.15. The number of allylic oxidation sites excluding steroid dienone is 1. The predicted molar refractivity (Wildman–Crippen MR) is 64.2 cm³/mol. The van der Waals surface area contributed by atoms with Crippen LogP contribution < -0.4 is 5.32 Å². The number of ketones is 1. The molecule has 0 unspecified atom stereocenters. The minimum absolute atomic E-state index is 0.0107. The molecule has 1 rings (SSSR count). The zero-order valence-electron chi connectivity index (χ0n) is 9.49. The average Bonchev–Trinajstić information content (AvgIpc) is 2.27. The van der Waals surface area contributed by atoms with Gasteiger partial charge in [-0.05, 0) is 37.6 Å². The molecule has 0 aliphatic rings. The molecule has 0 atom stereocenters. The van der Waals surface area contributed by atoms with Crippen LogP contribution in [-0.2, 0) is 4.79 Å². The first kappa shape index (κ1) is 12.2. The van der Waals surface area contributed by atoms with Crippen LogP contribution in [0.5, 0.6) is 0 Å². The molecular weight excluding hydrogens is 202 g/mol. The number of hydrogen-bond donors (Lipinski definition) is 1. The van der Waals surface area contributed by atoms with E-state index in [1.807, 2.05) is 13.0 Å². The van der Waals surface area contributed by atoms with Crippen molar-refractivity contribution in [3.8, 4) is 0 Å². The molecular formula is C13H15NO2. The number of benzene rings is 1. The fourth-order valence-electron chi connectivity index (χ4n) is 1.26. The number of carbonyl (C=O) groups is 2. The second-order valence-corrected chi connectivity index (χ2v) is 3.43. The van der Waals surface area contributed by atoms with Gasteiger partial charge in [-0.2, -0.15) is 0 Å². The third-order valence-electron chi connectivity index (χ3n) is 2.00. The van der Waals surface area contributed by atoms with Crippen molar-refractivity contribution < 1.29 is 9.59 Å². The molecule has 0 saturated heterocycles. The van der Waals surface area contributed by atoms with Crippen LogP contribution >= 0.6 is 0 Å². The van der Waals surface area contributed by atoms with E-state index in [2.05, 4.69) is 5.32 Å². The lowest BCUT2D eigenvalue weighted by atomic mass is 10.1. The number of carbonyl (C=O) groups excluding carboxylic acids is 2. The monoisotopic (exact) mass is 217 g/mol. The molecule has 0 saturated carbocycles. The van der Waals surface area contributed by atoms with E-state index >= 15 is 0 Å². The van der Waals surface area contributed by atoms with Gasteiger partial charge in [-0.15, -0.1) is 0 Å². The highest BCUT2D eigenvalue weighted by Gasteiger charge is 2.03. The van der Waals surface area contributed by atoms with Crippen molar-refractivity contribution in [3.05, 3.63) is 41.5 Å². The van der Waals surface area contributed by atoms with Gasteiger partial charge in [0, 0.05) is 12.1 Å². The van der Waals surface area contributed by atoms with Crippen LogP contribution in [0.1, 0.15) is 29.8 Å². The molecule has 0 aromatic heterocycles. The van der Waals surface area contributed by atoms with Crippen LogP contribution in [-0.4, -0.2) is 18.2 Å². The summed E-state index contributed by atoms with van der Waals surface area (Å²) in [5, 5.41) is 2.72. The van der Waals surface area contributed by atoms with Crippen molar-refractivity contribution in [3.63, 3.8) is 0 Å². The molecule has 0 heterocycles. The topological polar surface area (TPSA) is 46.2 Å². The molecule has 0 fully saturated rings. The summed E-state index contributed by atoms with van der Waals surface area (Å²) < 4.78 is 0. The van der Waals surface area contributed by atoms with Gasteiger partial charge < -0.3 is 5.32 Å². The van der Waals surface area contributed by atoms with Crippen molar-refractivity contribution >= 4 is 17.8 Å². The second-order valence-electron chi connectivity index (χ2n) is 3.43. The molecule has 0 spiro atoms. The lowest BCUT2D eigenvalue weighted by Gasteiger charge is -2.02. The summed E-state index contributed by atoms with van der Waals surface area (Å²) in [4.78, 5) is 22.3. The Hall–Kier alpha value is -1.90. The highest BCUT2D eigenvalue weighted by atomic mass is 16.1. The standard InChI is InChI=1S/C13H15NO2/c1-3-14-13(16)12-6-4-5-11(9-12)8-7-10(2)15/h4-9H,3H2,1-2H3,(H,14,16)/b8-7+. The Kier molecular flexibility index (Phi) is 4.45. The molecule has 1 aromatic rings. The van der Waals surface area contributed by atoms with E-state index in [0.717, 1.165) is 5.56 Å². The molecule has 0 aliphatic heterocycles. The number of nitrogens with one attached hydrogen (secondary N) is 1. The molecule has 1 amide bonds. The Morgan fingerprint density at radius 1 is 1.38 bits per heavy atom. The van der Waals surface area contributed by atoms with Gasteiger partial charge in [-0.3, -0.25) is 9.59 Å². The predicted octanol–water partition coefficient (Wildman–Crippen LogP) is 2.04. The van der Waals surface area contributed by atoms with E-state index in [1.165, 1.54) is 13.0 Å².